The number of nitrogens with one attached hydrogen (secondary N) is 1. The number of carbonyl (C=O) groups is 1. The van der Waals surface area contributed by atoms with Crippen LogP contribution in [0.15, 0.2) is 29.7 Å². The van der Waals surface area contributed by atoms with Gasteiger partial charge in [-0.1, -0.05) is 11.8 Å². The number of hydrogen-bond donors (Lipinski definition) is 1. The fourth-order valence-corrected chi connectivity index (χ4v) is 3.73. The molecule has 0 spiro atoms. The molecule has 0 saturated carbocycles. The molecule has 1 N–H and O–H groups in total. The van der Waals surface area contributed by atoms with Gasteiger partial charge < -0.3 is 19.7 Å². The number of ether oxygens (including phenoxy) is 2. The number of thioether (sulfide) groups is 1. The van der Waals surface area contributed by atoms with Crippen LogP contribution in [0.25, 0.3) is 11.0 Å². The van der Waals surface area contributed by atoms with Crippen LogP contribution in [0.1, 0.15) is 17.3 Å². The number of rotatable bonds is 8. The molecule has 4 rings (SSSR count). The maximum atomic E-state index is 12.6. The molecule has 1 amide bonds. The van der Waals surface area contributed by atoms with Crippen molar-refractivity contribution in [1.29, 1.82) is 0 Å². The lowest BCUT2D eigenvalue weighted by atomic mass is 10.2. The molecular formula is C20H25N7O3S. The molecule has 0 aliphatic carbocycles. The summed E-state index contributed by atoms with van der Waals surface area (Å²) >= 11 is 1.49. The normalized spacial score (nSPS) is 14.1. The van der Waals surface area contributed by atoms with Crippen molar-refractivity contribution in [3.05, 3.63) is 30.1 Å². The van der Waals surface area contributed by atoms with E-state index in [1.807, 2.05) is 13.2 Å². The number of carbonyl (C=O) groups excluding carboxylic acids is 1. The number of pyridine rings is 1. The predicted octanol–water partition coefficient (Wildman–Crippen LogP) is 1.61. The molecule has 0 bridgehead atoms. The Morgan fingerprint density at radius 1 is 1.32 bits per heavy atom. The summed E-state index contributed by atoms with van der Waals surface area (Å²) in [6, 6.07) is 3.41. The highest BCUT2D eigenvalue weighted by molar-refractivity contribution is 7.98. The van der Waals surface area contributed by atoms with E-state index >= 15 is 0 Å². The maximum absolute atomic E-state index is 12.6. The van der Waals surface area contributed by atoms with Crippen LogP contribution in [0.4, 0.5) is 5.82 Å². The smallest absolute Gasteiger partial charge is 0.256 e. The van der Waals surface area contributed by atoms with Crippen molar-refractivity contribution >= 4 is 34.5 Å². The fourth-order valence-electron chi connectivity index (χ4n) is 3.38. The Labute approximate surface area is 184 Å². The van der Waals surface area contributed by atoms with Crippen molar-refractivity contribution in [2.75, 3.05) is 50.6 Å². The highest BCUT2D eigenvalue weighted by atomic mass is 32.2. The van der Waals surface area contributed by atoms with Crippen molar-refractivity contribution in [2.45, 2.75) is 18.6 Å². The zero-order valence-electron chi connectivity index (χ0n) is 17.6. The van der Waals surface area contributed by atoms with Gasteiger partial charge in [0.1, 0.15) is 11.4 Å². The number of aromatic nitrogens is 5. The number of anilines is 1. The van der Waals surface area contributed by atoms with E-state index in [1.54, 1.807) is 29.2 Å². The van der Waals surface area contributed by atoms with Gasteiger partial charge in [0, 0.05) is 25.8 Å². The molecule has 1 aliphatic rings. The average molecular weight is 444 g/mol. The van der Waals surface area contributed by atoms with Gasteiger partial charge in [-0.2, -0.15) is 5.10 Å². The van der Waals surface area contributed by atoms with E-state index in [9.17, 15) is 4.79 Å². The van der Waals surface area contributed by atoms with Gasteiger partial charge in [0.25, 0.3) is 5.91 Å². The van der Waals surface area contributed by atoms with Crippen molar-refractivity contribution in [2.24, 2.45) is 0 Å². The molecule has 3 aromatic heterocycles. The molecule has 4 heterocycles. The Morgan fingerprint density at radius 3 is 2.94 bits per heavy atom. The molecule has 10 nitrogen and oxygen atoms in total. The first-order valence-electron chi connectivity index (χ1n) is 10.2. The number of amides is 1. The summed E-state index contributed by atoms with van der Waals surface area (Å²) < 4.78 is 12.7. The summed E-state index contributed by atoms with van der Waals surface area (Å²) in [6.07, 6.45) is 5.35. The van der Waals surface area contributed by atoms with E-state index in [-0.39, 0.29) is 5.91 Å². The lowest BCUT2D eigenvalue weighted by Crippen LogP contribution is -2.37. The zero-order valence-corrected chi connectivity index (χ0v) is 18.4. The van der Waals surface area contributed by atoms with Crippen LogP contribution >= 0.6 is 11.8 Å². The monoisotopic (exact) mass is 443 g/mol. The number of nitrogens with zero attached hydrogens (tertiary/aromatic N) is 6. The van der Waals surface area contributed by atoms with Crippen LogP contribution in [0.5, 0.6) is 5.88 Å². The molecule has 164 valence electrons. The first kappa shape index (κ1) is 21.3. The predicted molar refractivity (Wildman–Crippen MR) is 118 cm³/mol. The lowest BCUT2D eigenvalue weighted by molar-refractivity contribution is 0.0947. The second kappa shape index (κ2) is 9.92. The molecule has 1 fully saturated rings. The molecular weight excluding hydrogens is 418 g/mol. The molecule has 31 heavy (non-hydrogen) atoms. The molecule has 3 aromatic rings. The maximum Gasteiger partial charge on any atom is 0.256 e. The average Bonchev–Trinajstić information content (AvgIpc) is 3.22. The van der Waals surface area contributed by atoms with Gasteiger partial charge in [0.05, 0.1) is 37.9 Å². The number of fused-ring (bicyclic) bond motifs is 1. The van der Waals surface area contributed by atoms with Crippen LogP contribution in [0.2, 0.25) is 0 Å². The lowest BCUT2D eigenvalue weighted by Gasteiger charge is -2.28. The summed E-state index contributed by atoms with van der Waals surface area (Å²) in [4.78, 5) is 28.3. The van der Waals surface area contributed by atoms with E-state index in [0.29, 0.717) is 49.5 Å². The van der Waals surface area contributed by atoms with E-state index < -0.39 is 0 Å². The van der Waals surface area contributed by atoms with Crippen LogP contribution in [0, 0.1) is 0 Å². The molecule has 1 aliphatic heterocycles. The van der Waals surface area contributed by atoms with Crippen molar-refractivity contribution < 1.29 is 14.3 Å². The third-order valence-electron chi connectivity index (χ3n) is 4.85. The third-order valence-corrected chi connectivity index (χ3v) is 5.40. The molecule has 0 radical (unpaired) electrons. The van der Waals surface area contributed by atoms with Gasteiger partial charge in [-0.15, -0.1) is 0 Å². The van der Waals surface area contributed by atoms with E-state index in [2.05, 4.69) is 25.3 Å². The minimum absolute atomic E-state index is 0.235. The Bertz CT molecular complexity index is 1050. The van der Waals surface area contributed by atoms with Gasteiger partial charge in [-0.25, -0.2) is 19.6 Å². The van der Waals surface area contributed by atoms with Crippen LogP contribution in [-0.4, -0.2) is 76.4 Å². The minimum atomic E-state index is -0.235. The van der Waals surface area contributed by atoms with Gasteiger partial charge in [0.2, 0.25) is 5.88 Å². The second-order valence-corrected chi connectivity index (χ2v) is 7.56. The minimum Gasteiger partial charge on any atom is -0.477 e. The van der Waals surface area contributed by atoms with E-state index in [0.717, 1.165) is 29.9 Å². The molecule has 0 unspecified atom stereocenters. The van der Waals surface area contributed by atoms with Crippen molar-refractivity contribution in [3.8, 4) is 5.88 Å². The highest BCUT2D eigenvalue weighted by Gasteiger charge is 2.20. The molecule has 0 atom stereocenters. The van der Waals surface area contributed by atoms with Gasteiger partial charge in [0.15, 0.2) is 10.8 Å². The number of hydrogen-bond acceptors (Lipinski definition) is 9. The van der Waals surface area contributed by atoms with E-state index in [4.69, 9.17) is 14.5 Å². The van der Waals surface area contributed by atoms with Crippen LogP contribution in [0.3, 0.4) is 0 Å². The number of morpholine rings is 1. The van der Waals surface area contributed by atoms with Gasteiger partial charge in [-0.3, -0.25) is 4.79 Å². The largest absolute Gasteiger partial charge is 0.477 e. The van der Waals surface area contributed by atoms with Crippen molar-refractivity contribution in [3.63, 3.8) is 0 Å². The molecule has 11 heteroatoms. The Kier molecular flexibility index (Phi) is 6.82. The SMILES string of the molecule is CCOc1ncccc1C(=O)NCCn1ncc2c(N3CCOCC3)nc(SC)nc21. The Hall–Kier alpha value is -2.92. The van der Waals surface area contributed by atoms with Crippen LogP contribution in [-0.2, 0) is 11.3 Å². The van der Waals surface area contributed by atoms with Crippen LogP contribution < -0.4 is 15.0 Å². The standard InChI is InChI=1S/C20H25N7O3S/c1-3-30-19-14(5-4-6-22-19)18(28)21-7-8-27-17-15(13-23-27)16(24-20(25-17)31-2)26-9-11-29-12-10-26/h4-6,13H,3,7-12H2,1-2H3,(H,21,28). The van der Waals surface area contributed by atoms with Gasteiger partial charge in [-0.05, 0) is 25.3 Å². The summed E-state index contributed by atoms with van der Waals surface area (Å²) in [5.74, 6) is 0.977. The summed E-state index contributed by atoms with van der Waals surface area (Å²) in [6.45, 7) is 6.10. The summed E-state index contributed by atoms with van der Waals surface area (Å²) in [5.41, 5.74) is 1.17. The molecule has 1 saturated heterocycles. The first-order valence-corrected chi connectivity index (χ1v) is 11.4. The molecule has 0 aromatic carbocycles. The Balaban J connectivity index is 1.50. The quantitative estimate of drug-likeness (QED) is 0.410. The highest BCUT2D eigenvalue weighted by Crippen LogP contribution is 2.27. The third kappa shape index (κ3) is 4.72. The summed E-state index contributed by atoms with van der Waals surface area (Å²) in [5, 5.41) is 9.00. The topological polar surface area (TPSA) is 107 Å². The van der Waals surface area contributed by atoms with Crippen molar-refractivity contribution in [1.82, 2.24) is 30.0 Å². The fraction of sp³-hybridized carbons (Fsp3) is 0.450. The first-order chi connectivity index (χ1) is 15.2. The van der Waals surface area contributed by atoms with E-state index in [1.165, 1.54) is 11.8 Å². The summed E-state index contributed by atoms with van der Waals surface area (Å²) in [7, 11) is 0. The zero-order chi connectivity index (χ0) is 21.6. The second-order valence-electron chi connectivity index (χ2n) is 6.78. The van der Waals surface area contributed by atoms with Gasteiger partial charge >= 0.3 is 0 Å². The Morgan fingerprint density at radius 2 is 2.16 bits per heavy atom.